The lowest BCUT2D eigenvalue weighted by molar-refractivity contribution is 0.0363. The summed E-state index contributed by atoms with van der Waals surface area (Å²) in [5.41, 5.74) is 3.18. The van der Waals surface area contributed by atoms with Gasteiger partial charge in [-0.15, -0.1) is 10.2 Å². The minimum atomic E-state index is -0.159. The Morgan fingerprint density at radius 2 is 1.83 bits per heavy atom. The molecule has 0 spiro atoms. The van der Waals surface area contributed by atoms with Crippen LogP contribution in [0.2, 0.25) is 5.02 Å². The smallest absolute Gasteiger partial charge is 0.280 e. The van der Waals surface area contributed by atoms with Gasteiger partial charge in [0.05, 0.1) is 19.4 Å². The predicted octanol–water partition coefficient (Wildman–Crippen LogP) is 2.09. The molecule has 0 saturated carbocycles. The molecule has 148 valence electrons. The number of fused-ring (bicyclic) bond motifs is 3. The molecule has 5 rings (SSSR count). The van der Waals surface area contributed by atoms with E-state index in [0.717, 1.165) is 44.0 Å². The Labute approximate surface area is 171 Å². The van der Waals surface area contributed by atoms with E-state index in [1.165, 1.54) is 0 Å². The standard InChI is InChI=1S/C20H19ClN6O2/c21-15-3-1-14(2-4-15)16-13-22-27-17-5-6-26(8-7-25-9-11-29-12-10-25)20(28)18(17)23-24-19(16)27/h1-6,13H,7-12H2. The molecule has 0 radical (unpaired) electrons. The van der Waals surface area contributed by atoms with Crippen molar-refractivity contribution >= 4 is 28.3 Å². The lowest BCUT2D eigenvalue weighted by Crippen LogP contribution is -2.39. The van der Waals surface area contributed by atoms with E-state index in [9.17, 15) is 4.79 Å². The van der Waals surface area contributed by atoms with Crippen molar-refractivity contribution in [2.45, 2.75) is 6.54 Å². The first kappa shape index (κ1) is 18.2. The lowest BCUT2D eigenvalue weighted by Gasteiger charge is -2.26. The third-order valence-electron chi connectivity index (χ3n) is 5.25. The molecule has 9 heteroatoms. The summed E-state index contributed by atoms with van der Waals surface area (Å²) in [5, 5.41) is 13.6. The van der Waals surface area contributed by atoms with E-state index < -0.39 is 0 Å². The van der Waals surface area contributed by atoms with Crippen LogP contribution in [0.3, 0.4) is 0 Å². The van der Waals surface area contributed by atoms with Gasteiger partial charge in [0.15, 0.2) is 11.2 Å². The van der Waals surface area contributed by atoms with E-state index in [0.29, 0.717) is 28.2 Å². The second-order valence-corrected chi connectivity index (χ2v) is 7.44. The van der Waals surface area contributed by atoms with Crippen LogP contribution >= 0.6 is 11.6 Å². The molecular formula is C20H19ClN6O2. The molecule has 1 aliphatic rings. The van der Waals surface area contributed by atoms with Crippen molar-refractivity contribution in [3.05, 3.63) is 58.1 Å². The molecule has 0 aliphatic carbocycles. The summed E-state index contributed by atoms with van der Waals surface area (Å²) in [6, 6.07) is 9.34. The molecule has 0 N–H and O–H groups in total. The van der Waals surface area contributed by atoms with Gasteiger partial charge in [-0.05, 0) is 23.8 Å². The molecule has 29 heavy (non-hydrogen) atoms. The highest BCUT2D eigenvalue weighted by Gasteiger charge is 2.15. The van der Waals surface area contributed by atoms with Crippen molar-refractivity contribution in [3.63, 3.8) is 0 Å². The van der Waals surface area contributed by atoms with Gasteiger partial charge < -0.3 is 9.30 Å². The third-order valence-corrected chi connectivity index (χ3v) is 5.50. The summed E-state index contributed by atoms with van der Waals surface area (Å²) in [6.07, 6.45) is 3.53. The van der Waals surface area contributed by atoms with Gasteiger partial charge in [0.2, 0.25) is 0 Å². The molecule has 1 aliphatic heterocycles. The number of benzene rings is 1. The molecule has 0 unspecified atom stereocenters. The highest BCUT2D eigenvalue weighted by atomic mass is 35.5. The maximum atomic E-state index is 12.9. The van der Waals surface area contributed by atoms with Crippen LogP contribution in [0.1, 0.15) is 0 Å². The molecule has 1 fully saturated rings. The fraction of sp³-hybridized carbons (Fsp3) is 0.300. The van der Waals surface area contributed by atoms with Gasteiger partial charge >= 0.3 is 0 Å². The molecule has 4 heterocycles. The number of halogens is 1. The first-order valence-electron chi connectivity index (χ1n) is 9.50. The molecule has 1 aromatic carbocycles. The van der Waals surface area contributed by atoms with Crippen molar-refractivity contribution in [1.29, 1.82) is 0 Å². The van der Waals surface area contributed by atoms with Crippen LogP contribution in [0.5, 0.6) is 0 Å². The molecule has 4 aromatic rings. The number of rotatable bonds is 4. The van der Waals surface area contributed by atoms with E-state index in [1.54, 1.807) is 21.5 Å². The van der Waals surface area contributed by atoms with Crippen molar-refractivity contribution in [2.24, 2.45) is 0 Å². The Balaban J connectivity index is 1.50. The number of ether oxygens (including phenoxy) is 1. The highest BCUT2D eigenvalue weighted by molar-refractivity contribution is 6.30. The SMILES string of the molecule is O=c1c2nnc3c(-c4ccc(Cl)cc4)cnn3c2ccn1CCN1CCOCC1. The Hall–Kier alpha value is -2.81. The molecule has 1 saturated heterocycles. The number of pyridine rings is 1. The van der Waals surface area contributed by atoms with Gasteiger partial charge in [0.25, 0.3) is 5.56 Å². The van der Waals surface area contributed by atoms with Gasteiger partial charge in [-0.3, -0.25) is 9.69 Å². The Bertz CT molecular complexity index is 1230. The van der Waals surface area contributed by atoms with Crippen molar-refractivity contribution in [2.75, 3.05) is 32.8 Å². The maximum Gasteiger partial charge on any atom is 0.280 e. The fourth-order valence-corrected chi connectivity index (χ4v) is 3.74. The summed E-state index contributed by atoms with van der Waals surface area (Å²) in [6.45, 7) is 4.67. The number of morpholine rings is 1. The zero-order chi connectivity index (χ0) is 19.8. The van der Waals surface area contributed by atoms with Crippen LogP contribution in [0.15, 0.2) is 47.5 Å². The topological polar surface area (TPSA) is 77.6 Å². The van der Waals surface area contributed by atoms with Crippen LogP contribution in [0.25, 0.3) is 27.8 Å². The van der Waals surface area contributed by atoms with Crippen LogP contribution < -0.4 is 5.56 Å². The average molecular weight is 411 g/mol. The van der Waals surface area contributed by atoms with Gasteiger partial charge in [-0.2, -0.15) is 5.10 Å². The van der Waals surface area contributed by atoms with E-state index in [2.05, 4.69) is 20.2 Å². The minimum Gasteiger partial charge on any atom is -0.379 e. The normalized spacial score (nSPS) is 15.3. The number of hydrogen-bond donors (Lipinski definition) is 0. The lowest BCUT2D eigenvalue weighted by atomic mass is 10.1. The minimum absolute atomic E-state index is 0.159. The largest absolute Gasteiger partial charge is 0.379 e. The zero-order valence-electron chi connectivity index (χ0n) is 15.7. The first-order chi connectivity index (χ1) is 14.2. The van der Waals surface area contributed by atoms with Crippen molar-refractivity contribution in [1.82, 2.24) is 29.3 Å². The monoisotopic (exact) mass is 410 g/mol. The maximum absolute atomic E-state index is 12.9. The second-order valence-electron chi connectivity index (χ2n) is 7.00. The average Bonchev–Trinajstić information content (AvgIpc) is 3.19. The van der Waals surface area contributed by atoms with Crippen molar-refractivity contribution in [3.8, 4) is 11.1 Å². The van der Waals surface area contributed by atoms with Gasteiger partial charge in [0, 0.05) is 43.0 Å². The summed E-state index contributed by atoms with van der Waals surface area (Å²) in [4.78, 5) is 15.2. The molecule has 0 amide bonds. The Morgan fingerprint density at radius 3 is 2.62 bits per heavy atom. The molecule has 3 aromatic heterocycles. The molecular weight excluding hydrogens is 392 g/mol. The molecule has 8 nitrogen and oxygen atoms in total. The van der Waals surface area contributed by atoms with E-state index in [4.69, 9.17) is 16.3 Å². The number of hydrogen-bond acceptors (Lipinski definition) is 6. The fourth-order valence-electron chi connectivity index (χ4n) is 3.61. The van der Waals surface area contributed by atoms with Crippen LogP contribution in [-0.4, -0.2) is 62.1 Å². The summed E-state index contributed by atoms with van der Waals surface area (Å²) in [7, 11) is 0. The summed E-state index contributed by atoms with van der Waals surface area (Å²) < 4.78 is 8.72. The Kier molecular flexibility index (Phi) is 4.75. The van der Waals surface area contributed by atoms with Gasteiger partial charge in [0.1, 0.15) is 5.52 Å². The second kappa shape index (κ2) is 7.55. The van der Waals surface area contributed by atoms with E-state index in [-0.39, 0.29) is 5.56 Å². The van der Waals surface area contributed by atoms with Crippen LogP contribution in [-0.2, 0) is 11.3 Å². The molecule has 0 atom stereocenters. The van der Waals surface area contributed by atoms with Crippen LogP contribution in [0, 0.1) is 0 Å². The highest BCUT2D eigenvalue weighted by Crippen LogP contribution is 2.25. The Morgan fingerprint density at radius 1 is 1.03 bits per heavy atom. The number of aromatic nitrogens is 5. The quantitative estimate of drug-likeness (QED) is 0.512. The first-order valence-corrected chi connectivity index (χ1v) is 9.88. The van der Waals surface area contributed by atoms with Gasteiger partial charge in [-0.1, -0.05) is 23.7 Å². The zero-order valence-corrected chi connectivity index (χ0v) is 16.4. The van der Waals surface area contributed by atoms with Crippen LogP contribution in [0.4, 0.5) is 0 Å². The predicted molar refractivity (Wildman–Crippen MR) is 110 cm³/mol. The van der Waals surface area contributed by atoms with Crippen molar-refractivity contribution < 1.29 is 4.74 Å². The molecule has 0 bridgehead atoms. The number of nitrogens with zero attached hydrogens (tertiary/aromatic N) is 6. The summed E-state index contributed by atoms with van der Waals surface area (Å²) in [5.74, 6) is 0. The van der Waals surface area contributed by atoms with E-state index in [1.807, 2.05) is 30.3 Å². The van der Waals surface area contributed by atoms with E-state index >= 15 is 0 Å². The summed E-state index contributed by atoms with van der Waals surface area (Å²) >= 11 is 5.98. The third kappa shape index (κ3) is 3.39. The van der Waals surface area contributed by atoms with Gasteiger partial charge in [-0.25, -0.2) is 4.52 Å².